The lowest BCUT2D eigenvalue weighted by Crippen LogP contribution is -2.34. The highest BCUT2D eigenvalue weighted by atomic mass is 16.3. The molecule has 1 aromatic heterocycles. The Labute approximate surface area is 112 Å². The van der Waals surface area contributed by atoms with Gasteiger partial charge in [-0.25, -0.2) is 0 Å². The van der Waals surface area contributed by atoms with E-state index in [2.05, 4.69) is 10.3 Å². The Kier molecular flexibility index (Phi) is 4.22. The van der Waals surface area contributed by atoms with Crippen molar-refractivity contribution in [3.05, 3.63) is 35.5 Å². The number of amides is 1. The van der Waals surface area contributed by atoms with E-state index in [9.17, 15) is 4.79 Å². The van der Waals surface area contributed by atoms with Crippen LogP contribution in [-0.4, -0.2) is 28.6 Å². The van der Waals surface area contributed by atoms with Gasteiger partial charge >= 0.3 is 0 Å². The van der Waals surface area contributed by atoms with Crippen molar-refractivity contribution in [2.45, 2.75) is 32.7 Å². The lowest BCUT2D eigenvalue weighted by atomic mass is 10.1. The van der Waals surface area contributed by atoms with E-state index in [4.69, 9.17) is 5.11 Å². The van der Waals surface area contributed by atoms with E-state index >= 15 is 0 Å². The highest BCUT2D eigenvalue weighted by Gasteiger charge is 2.13. The largest absolute Gasteiger partial charge is 0.396 e. The Hall–Kier alpha value is -1.81. The van der Waals surface area contributed by atoms with E-state index in [0.717, 1.165) is 22.2 Å². The number of aliphatic hydroxyl groups is 1. The second-order valence-corrected chi connectivity index (χ2v) is 4.93. The van der Waals surface area contributed by atoms with Crippen LogP contribution in [0, 0.1) is 6.92 Å². The molecule has 1 heterocycles. The van der Waals surface area contributed by atoms with Crippen molar-refractivity contribution >= 4 is 16.8 Å². The summed E-state index contributed by atoms with van der Waals surface area (Å²) >= 11 is 0. The topological polar surface area (TPSA) is 65.1 Å². The standard InChI is InChI=1S/C15H20N2O2/c1-10(7-8-18)16-15(19)9-13-11(2)17-14-6-4-3-5-12(13)14/h3-6,10,17-18H,7-9H2,1-2H3,(H,16,19). The number of aryl methyl sites for hydroxylation is 1. The lowest BCUT2D eigenvalue weighted by molar-refractivity contribution is -0.121. The Morgan fingerprint density at radius 2 is 2.16 bits per heavy atom. The smallest absolute Gasteiger partial charge is 0.224 e. The number of benzene rings is 1. The van der Waals surface area contributed by atoms with Crippen molar-refractivity contribution in [2.24, 2.45) is 0 Å². The molecule has 19 heavy (non-hydrogen) atoms. The number of hydrogen-bond acceptors (Lipinski definition) is 2. The summed E-state index contributed by atoms with van der Waals surface area (Å²) in [6.45, 7) is 3.98. The zero-order valence-electron chi connectivity index (χ0n) is 11.4. The first-order valence-corrected chi connectivity index (χ1v) is 6.58. The van der Waals surface area contributed by atoms with Gasteiger partial charge in [-0.3, -0.25) is 4.79 Å². The summed E-state index contributed by atoms with van der Waals surface area (Å²) in [5, 5.41) is 12.8. The van der Waals surface area contributed by atoms with Crippen molar-refractivity contribution in [3.8, 4) is 0 Å². The minimum atomic E-state index is -0.00574. The monoisotopic (exact) mass is 260 g/mol. The van der Waals surface area contributed by atoms with E-state index in [0.29, 0.717) is 12.8 Å². The van der Waals surface area contributed by atoms with Crippen LogP contribution in [0.25, 0.3) is 10.9 Å². The van der Waals surface area contributed by atoms with Gasteiger partial charge < -0.3 is 15.4 Å². The molecule has 0 bridgehead atoms. The molecule has 0 aliphatic carbocycles. The lowest BCUT2D eigenvalue weighted by Gasteiger charge is -2.12. The van der Waals surface area contributed by atoms with Crippen LogP contribution >= 0.6 is 0 Å². The first-order chi connectivity index (χ1) is 9.11. The molecule has 1 atom stereocenters. The second-order valence-electron chi connectivity index (χ2n) is 4.93. The van der Waals surface area contributed by atoms with Crippen molar-refractivity contribution < 1.29 is 9.90 Å². The fourth-order valence-electron chi connectivity index (χ4n) is 2.31. The van der Waals surface area contributed by atoms with E-state index in [1.54, 1.807) is 0 Å². The van der Waals surface area contributed by atoms with Crippen LogP contribution < -0.4 is 5.32 Å². The predicted molar refractivity (Wildman–Crippen MR) is 76.0 cm³/mol. The molecular formula is C15H20N2O2. The number of carbonyl (C=O) groups is 1. The summed E-state index contributed by atoms with van der Waals surface area (Å²) in [6, 6.07) is 8.00. The maximum atomic E-state index is 12.0. The fourth-order valence-corrected chi connectivity index (χ4v) is 2.31. The van der Waals surface area contributed by atoms with Gasteiger partial charge in [0.2, 0.25) is 5.91 Å². The quantitative estimate of drug-likeness (QED) is 0.769. The van der Waals surface area contributed by atoms with Crippen LogP contribution in [0.1, 0.15) is 24.6 Å². The Morgan fingerprint density at radius 1 is 1.42 bits per heavy atom. The van der Waals surface area contributed by atoms with Gasteiger partial charge in [-0.05, 0) is 31.9 Å². The third kappa shape index (κ3) is 3.15. The Morgan fingerprint density at radius 3 is 2.89 bits per heavy atom. The van der Waals surface area contributed by atoms with Gasteiger partial charge in [-0.15, -0.1) is 0 Å². The molecule has 0 fully saturated rings. The van der Waals surface area contributed by atoms with E-state index in [-0.39, 0.29) is 18.6 Å². The van der Waals surface area contributed by atoms with Crippen molar-refractivity contribution in [2.75, 3.05) is 6.61 Å². The highest BCUT2D eigenvalue weighted by Crippen LogP contribution is 2.22. The molecule has 2 aromatic rings. The van der Waals surface area contributed by atoms with Gasteiger partial charge in [0, 0.05) is 29.2 Å². The normalized spacial score (nSPS) is 12.6. The van der Waals surface area contributed by atoms with Crippen LogP contribution in [0.15, 0.2) is 24.3 Å². The molecule has 1 unspecified atom stereocenters. The minimum Gasteiger partial charge on any atom is -0.396 e. The number of aromatic amines is 1. The number of fused-ring (bicyclic) bond motifs is 1. The average Bonchev–Trinajstić information content (AvgIpc) is 2.66. The van der Waals surface area contributed by atoms with Crippen LogP contribution in [0.3, 0.4) is 0 Å². The van der Waals surface area contributed by atoms with Crippen LogP contribution in [0.4, 0.5) is 0 Å². The van der Waals surface area contributed by atoms with Crippen LogP contribution in [-0.2, 0) is 11.2 Å². The highest BCUT2D eigenvalue weighted by molar-refractivity contribution is 5.90. The van der Waals surface area contributed by atoms with Crippen molar-refractivity contribution in [1.29, 1.82) is 0 Å². The number of carbonyl (C=O) groups excluding carboxylic acids is 1. The van der Waals surface area contributed by atoms with Gasteiger partial charge in [0.25, 0.3) is 0 Å². The van der Waals surface area contributed by atoms with Gasteiger partial charge in [0.1, 0.15) is 0 Å². The molecule has 0 aliphatic rings. The molecule has 0 radical (unpaired) electrons. The van der Waals surface area contributed by atoms with Crippen molar-refractivity contribution in [3.63, 3.8) is 0 Å². The maximum Gasteiger partial charge on any atom is 0.224 e. The van der Waals surface area contributed by atoms with Gasteiger partial charge in [0.05, 0.1) is 6.42 Å². The molecule has 0 saturated heterocycles. The molecule has 0 spiro atoms. The van der Waals surface area contributed by atoms with Crippen LogP contribution in [0.5, 0.6) is 0 Å². The fraction of sp³-hybridized carbons (Fsp3) is 0.400. The van der Waals surface area contributed by atoms with Gasteiger partial charge in [-0.1, -0.05) is 18.2 Å². The molecule has 102 valence electrons. The number of nitrogens with one attached hydrogen (secondary N) is 2. The number of hydrogen-bond donors (Lipinski definition) is 3. The van der Waals surface area contributed by atoms with E-state index in [1.807, 2.05) is 38.1 Å². The summed E-state index contributed by atoms with van der Waals surface area (Å²) < 4.78 is 0. The Balaban J connectivity index is 2.13. The molecule has 1 amide bonds. The Bertz CT molecular complexity index is 575. The summed E-state index contributed by atoms with van der Waals surface area (Å²) in [6.07, 6.45) is 0.949. The predicted octanol–water partition coefficient (Wildman–Crippen LogP) is 1.91. The zero-order valence-corrected chi connectivity index (χ0v) is 11.4. The summed E-state index contributed by atoms with van der Waals surface area (Å²) in [7, 11) is 0. The maximum absolute atomic E-state index is 12.0. The third-order valence-electron chi connectivity index (χ3n) is 3.33. The molecule has 4 heteroatoms. The average molecular weight is 260 g/mol. The molecule has 0 aliphatic heterocycles. The number of aliphatic hydroxyl groups excluding tert-OH is 1. The number of H-pyrrole nitrogens is 1. The summed E-state index contributed by atoms with van der Waals surface area (Å²) in [5.74, 6) is -0.00574. The third-order valence-corrected chi connectivity index (χ3v) is 3.33. The number of para-hydroxylation sites is 1. The van der Waals surface area contributed by atoms with Crippen LogP contribution in [0.2, 0.25) is 0 Å². The molecule has 0 saturated carbocycles. The molecule has 3 N–H and O–H groups in total. The molecule has 4 nitrogen and oxygen atoms in total. The minimum absolute atomic E-state index is 0.00279. The first kappa shape index (κ1) is 13.6. The number of aromatic nitrogens is 1. The summed E-state index contributed by atoms with van der Waals surface area (Å²) in [4.78, 5) is 15.3. The first-order valence-electron chi connectivity index (χ1n) is 6.58. The SMILES string of the molecule is Cc1[nH]c2ccccc2c1CC(=O)NC(C)CCO. The molecule has 2 rings (SSSR count). The zero-order chi connectivity index (χ0) is 13.8. The van der Waals surface area contributed by atoms with E-state index in [1.165, 1.54) is 0 Å². The number of rotatable bonds is 5. The van der Waals surface area contributed by atoms with Crippen molar-refractivity contribution in [1.82, 2.24) is 10.3 Å². The van der Waals surface area contributed by atoms with Gasteiger partial charge in [-0.2, -0.15) is 0 Å². The molecular weight excluding hydrogens is 240 g/mol. The van der Waals surface area contributed by atoms with E-state index < -0.39 is 0 Å². The molecule has 1 aromatic carbocycles. The second kappa shape index (κ2) is 5.89. The van der Waals surface area contributed by atoms with Gasteiger partial charge in [0.15, 0.2) is 0 Å². The summed E-state index contributed by atoms with van der Waals surface area (Å²) in [5.41, 5.74) is 3.14.